The molecule has 0 unspecified atom stereocenters. The molecule has 0 fully saturated rings. The van der Waals surface area contributed by atoms with Crippen LogP contribution in [-0.2, 0) is 14.3 Å². The number of unbranched alkanes of at least 4 members (excludes halogenated alkanes) is 1. The third-order valence-electron chi connectivity index (χ3n) is 4.91. The number of carbonyl (C=O) groups is 2. The molecule has 0 saturated carbocycles. The van der Waals surface area contributed by atoms with E-state index in [1.54, 1.807) is 12.1 Å². The van der Waals surface area contributed by atoms with E-state index in [2.05, 4.69) is 5.32 Å². The zero-order valence-electron chi connectivity index (χ0n) is 15.2. The molecular formula is C21H24FNO3. The summed E-state index contributed by atoms with van der Waals surface area (Å²) in [4.78, 5) is 25.5. The van der Waals surface area contributed by atoms with E-state index in [4.69, 9.17) is 4.74 Å². The maximum absolute atomic E-state index is 13.9. The van der Waals surface area contributed by atoms with Crippen LogP contribution in [-0.4, -0.2) is 18.4 Å². The molecule has 1 aliphatic heterocycles. The van der Waals surface area contributed by atoms with Gasteiger partial charge in [-0.15, -0.1) is 0 Å². The number of ether oxygens (including phenoxy) is 1. The van der Waals surface area contributed by atoms with Crippen LogP contribution in [0.4, 0.5) is 4.39 Å². The molecule has 138 valence electrons. The monoisotopic (exact) mass is 357 g/mol. The van der Waals surface area contributed by atoms with Crippen molar-refractivity contribution in [1.29, 1.82) is 0 Å². The first-order valence-electron chi connectivity index (χ1n) is 9.19. The summed E-state index contributed by atoms with van der Waals surface area (Å²) in [5.74, 6) is -1.39. The van der Waals surface area contributed by atoms with Crippen molar-refractivity contribution in [3.05, 3.63) is 58.2 Å². The van der Waals surface area contributed by atoms with Gasteiger partial charge in [-0.1, -0.05) is 25.5 Å². The Bertz CT molecular complexity index is 794. The number of ketones is 1. The van der Waals surface area contributed by atoms with Crippen LogP contribution in [0.25, 0.3) is 0 Å². The molecule has 0 bridgehead atoms. The molecule has 3 rings (SSSR count). The quantitative estimate of drug-likeness (QED) is 0.636. The summed E-state index contributed by atoms with van der Waals surface area (Å²) in [5.41, 5.74) is 3.11. The number of carbonyl (C=O) groups excluding carboxylic acids is 2. The van der Waals surface area contributed by atoms with Crippen LogP contribution in [0.3, 0.4) is 0 Å². The molecule has 2 aliphatic rings. The van der Waals surface area contributed by atoms with E-state index in [0.29, 0.717) is 35.4 Å². The Morgan fingerprint density at radius 1 is 1.35 bits per heavy atom. The van der Waals surface area contributed by atoms with Gasteiger partial charge in [-0.3, -0.25) is 4.79 Å². The number of hydrogen-bond donors (Lipinski definition) is 1. The van der Waals surface area contributed by atoms with Crippen molar-refractivity contribution < 1.29 is 18.7 Å². The Hall–Kier alpha value is -2.43. The van der Waals surface area contributed by atoms with E-state index in [-0.39, 0.29) is 11.6 Å². The Balaban J connectivity index is 2.06. The molecule has 1 aliphatic carbocycles. The fraction of sp³-hybridized carbons (Fsp3) is 0.429. The van der Waals surface area contributed by atoms with Gasteiger partial charge >= 0.3 is 5.97 Å². The predicted molar refractivity (Wildman–Crippen MR) is 96.7 cm³/mol. The lowest BCUT2D eigenvalue weighted by Gasteiger charge is -2.34. The van der Waals surface area contributed by atoms with Crippen molar-refractivity contribution in [3.8, 4) is 0 Å². The van der Waals surface area contributed by atoms with Crippen LogP contribution in [0.15, 0.2) is 46.8 Å². The van der Waals surface area contributed by atoms with Gasteiger partial charge in [-0.2, -0.15) is 0 Å². The van der Waals surface area contributed by atoms with Gasteiger partial charge < -0.3 is 10.1 Å². The number of esters is 1. The Kier molecular flexibility index (Phi) is 5.55. The molecule has 26 heavy (non-hydrogen) atoms. The molecule has 1 aromatic carbocycles. The van der Waals surface area contributed by atoms with Crippen LogP contribution < -0.4 is 5.32 Å². The van der Waals surface area contributed by atoms with Crippen LogP contribution >= 0.6 is 0 Å². The zero-order chi connectivity index (χ0) is 18.7. The number of Topliss-reactive ketones (excluding diaryl/α,β-unsaturated/α-hetero) is 1. The fourth-order valence-corrected chi connectivity index (χ4v) is 3.66. The van der Waals surface area contributed by atoms with E-state index < -0.39 is 11.9 Å². The maximum atomic E-state index is 13.9. The smallest absolute Gasteiger partial charge is 0.336 e. The van der Waals surface area contributed by atoms with Crippen LogP contribution in [0.5, 0.6) is 0 Å². The number of hydrogen-bond acceptors (Lipinski definition) is 4. The van der Waals surface area contributed by atoms with Crippen molar-refractivity contribution in [1.82, 2.24) is 5.32 Å². The van der Waals surface area contributed by atoms with Crippen LogP contribution in [0, 0.1) is 5.82 Å². The van der Waals surface area contributed by atoms with E-state index >= 15 is 0 Å². The van der Waals surface area contributed by atoms with Gasteiger partial charge in [0.1, 0.15) is 5.82 Å². The Morgan fingerprint density at radius 2 is 2.15 bits per heavy atom. The predicted octanol–water partition coefficient (Wildman–Crippen LogP) is 4.14. The number of allylic oxidation sites excluding steroid dienone is 3. The van der Waals surface area contributed by atoms with Gasteiger partial charge in [0, 0.05) is 29.3 Å². The molecule has 0 spiro atoms. The molecule has 1 heterocycles. The summed E-state index contributed by atoms with van der Waals surface area (Å²) >= 11 is 0. The van der Waals surface area contributed by atoms with Gasteiger partial charge in [-0.05, 0) is 43.9 Å². The van der Waals surface area contributed by atoms with E-state index in [1.165, 1.54) is 12.1 Å². The molecule has 0 amide bonds. The van der Waals surface area contributed by atoms with E-state index in [0.717, 1.165) is 31.4 Å². The lowest BCUT2D eigenvalue weighted by atomic mass is 9.75. The standard InChI is InChI=1S/C21H24FNO3/c1-3-4-11-26-21(25)18-13(2)23-16-9-6-10-17(24)20(16)19(18)14-7-5-8-15(22)12-14/h5,7-8,12,19,23H,3-4,6,9-11H2,1-2H3/t19-/m0/s1. The van der Waals surface area contributed by atoms with Crippen molar-refractivity contribution >= 4 is 11.8 Å². The summed E-state index contributed by atoms with van der Waals surface area (Å²) in [6, 6.07) is 6.13. The Labute approximate surface area is 153 Å². The number of nitrogens with one attached hydrogen (secondary N) is 1. The highest BCUT2D eigenvalue weighted by molar-refractivity contribution is 6.03. The maximum Gasteiger partial charge on any atom is 0.336 e. The Morgan fingerprint density at radius 3 is 2.88 bits per heavy atom. The third-order valence-corrected chi connectivity index (χ3v) is 4.91. The fourth-order valence-electron chi connectivity index (χ4n) is 3.66. The molecule has 1 N–H and O–H groups in total. The first kappa shape index (κ1) is 18.4. The minimum Gasteiger partial charge on any atom is -0.462 e. The van der Waals surface area contributed by atoms with Crippen LogP contribution in [0.2, 0.25) is 0 Å². The van der Waals surface area contributed by atoms with Crippen molar-refractivity contribution in [2.75, 3.05) is 6.61 Å². The average Bonchev–Trinajstić information content (AvgIpc) is 2.61. The van der Waals surface area contributed by atoms with E-state index in [9.17, 15) is 14.0 Å². The van der Waals surface area contributed by atoms with Gasteiger partial charge in [0.2, 0.25) is 0 Å². The topological polar surface area (TPSA) is 55.4 Å². The lowest BCUT2D eigenvalue weighted by Crippen LogP contribution is -2.34. The molecular weight excluding hydrogens is 333 g/mol. The number of benzene rings is 1. The highest BCUT2D eigenvalue weighted by atomic mass is 19.1. The highest BCUT2D eigenvalue weighted by Crippen LogP contribution is 2.42. The van der Waals surface area contributed by atoms with E-state index in [1.807, 2.05) is 13.8 Å². The summed E-state index contributed by atoms with van der Waals surface area (Å²) in [7, 11) is 0. The number of halogens is 1. The van der Waals surface area contributed by atoms with Crippen molar-refractivity contribution in [2.45, 2.75) is 51.9 Å². The van der Waals surface area contributed by atoms with Gasteiger partial charge in [0.25, 0.3) is 0 Å². The first-order chi connectivity index (χ1) is 12.5. The SMILES string of the molecule is CCCCOC(=O)C1=C(C)NC2=C(C(=O)CCC2)[C@H]1c1cccc(F)c1. The zero-order valence-corrected chi connectivity index (χ0v) is 15.2. The minimum absolute atomic E-state index is 0.0133. The summed E-state index contributed by atoms with van der Waals surface area (Å²) in [6.07, 6.45) is 3.68. The van der Waals surface area contributed by atoms with Gasteiger partial charge in [0.15, 0.2) is 5.78 Å². The van der Waals surface area contributed by atoms with Crippen LogP contribution in [0.1, 0.15) is 57.4 Å². The second-order valence-electron chi connectivity index (χ2n) is 6.81. The molecule has 4 nitrogen and oxygen atoms in total. The number of rotatable bonds is 5. The molecule has 1 atom stereocenters. The lowest BCUT2D eigenvalue weighted by molar-refractivity contribution is -0.139. The number of dihydropyridines is 1. The first-order valence-corrected chi connectivity index (χ1v) is 9.19. The summed E-state index contributed by atoms with van der Waals surface area (Å²) < 4.78 is 19.3. The largest absolute Gasteiger partial charge is 0.462 e. The molecule has 0 radical (unpaired) electrons. The summed E-state index contributed by atoms with van der Waals surface area (Å²) in [6.45, 7) is 4.17. The average molecular weight is 357 g/mol. The second kappa shape index (κ2) is 7.85. The normalized spacial score (nSPS) is 20.0. The van der Waals surface area contributed by atoms with Crippen molar-refractivity contribution in [2.24, 2.45) is 0 Å². The van der Waals surface area contributed by atoms with Gasteiger partial charge in [0.05, 0.1) is 12.2 Å². The molecule has 1 aromatic rings. The second-order valence-corrected chi connectivity index (χ2v) is 6.81. The van der Waals surface area contributed by atoms with Crippen molar-refractivity contribution in [3.63, 3.8) is 0 Å². The highest BCUT2D eigenvalue weighted by Gasteiger charge is 2.39. The third kappa shape index (κ3) is 3.57. The minimum atomic E-state index is -0.580. The summed E-state index contributed by atoms with van der Waals surface area (Å²) in [5, 5.41) is 3.23. The molecule has 0 saturated heterocycles. The molecule has 5 heteroatoms. The van der Waals surface area contributed by atoms with Gasteiger partial charge in [-0.25, -0.2) is 9.18 Å². The molecule has 0 aromatic heterocycles.